The first-order valence-electron chi connectivity index (χ1n) is 6.78. The smallest absolute Gasteiger partial charge is 0.274 e. The monoisotopic (exact) mass is 266 g/mol. The topological polar surface area (TPSA) is 104 Å². The zero-order chi connectivity index (χ0) is 14.0. The number of carbonyl (C=O) groups is 1. The van der Waals surface area contributed by atoms with Crippen molar-refractivity contribution in [3.05, 3.63) is 11.4 Å². The van der Waals surface area contributed by atoms with Gasteiger partial charge in [-0.2, -0.15) is 5.10 Å². The number of nitrogen functional groups attached to an aromatic ring is 1. The third-order valence-corrected chi connectivity index (χ3v) is 3.89. The lowest BCUT2D eigenvalue weighted by Crippen LogP contribution is -2.46. The second kappa shape index (κ2) is 5.21. The van der Waals surface area contributed by atoms with Gasteiger partial charge in [0.15, 0.2) is 5.69 Å². The van der Waals surface area contributed by atoms with Gasteiger partial charge in [-0.15, -0.1) is 0 Å². The SMILES string of the molecule is CCC(C)(CCO)NC(=O)c1n[nH]c(C2CC2)c1N. The van der Waals surface area contributed by atoms with E-state index in [1.54, 1.807) is 0 Å². The summed E-state index contributed by atoms with van der Waals surface area (Å²) in [6.07, 6.45) is 3.45. The minimum atomic E-state index is -0.434. The summed E-state index contributed by atoms with van der Waals surface area (Å²) in [5.41, 5.74) is 7.15. The Morgan fingerprint density at radius 2 is 2.32 bits per heavy atom. The van der Waals surface area contributed by atoms with Crippen molar-refractivity contribution in [2.45, 2.75) is 51.0 Å². The molecular formula is C13H22N4O2. The van der Waals surface area contributed by atoms with E-state index in [-0.39, 0.29) is 18.2 Å². The van der Waals surface area contributed by atoms with Crippen molar-refractivity contribution in [2.75, 3.05) is 12.3 Å². The highest BCUT2D eigenvalue weighted by Crippen LogP contribution is 2.42. The molecule has 1 unspecified atom stereocenters. The van der Waals surface area contributed by atoms with Crippen LogP contribution in [0.4, 0.5) is 5.69 Å². The zero-order valence-electron chi connectivity index (χ0n) is 11.5. The number of rotatable bonds is 6. The van der Waals surface area contributed by atoms with Gasteiger partial charge in [0, 0.05) is 18.1 Å². The van der Waals surface area contributed by atoms with Crippen LogP contribution in [0, 0.1) is 0 Å². The van der Waals surface area contributed by atoms with Gasteiger partial charge in [0.25, 0.3) is 5.91 Å². The third kappa shape index (κ3) is 2.89. The van der Waals surface area contributed by atoms with Crippen molar-refractivity contribution in [3.8, 4) is 0 Å². The highest BCUT2D eigenvalue weighted by Gasteiger charge is 2.32. The van der Waals surface area contributed by atoms with E-state index >= 15 is 0 Å². The van der Waals surface area contributed by atoms with Gasteiger partial charge in [0.1, 0.15) is 0 Å². The standard InChI is InChI=1S/C13H22N4O2/c1-3-13(2,6-7-18)15-12(19)11-9(14)10(16-17-11)8-4-5-8/h8,18H,3-7,14H2,1-2H3,(H,15,19)(H,16,17). The van der Waals surface area contributed by atoms with Gasteiger partial charge in [-0.25, -0.2) is 0 Å². The number of aromatic amines is 1. The minimum Gasteiger partial charge on any atom is -0.396 e. The fraction of sp³-hybridized carbons (Fsp3) is 0.692. The number of carbonyl (C=O) groups excluding carboxylic acids is 1. The van der Waals surface area contributed by atoms with Crippen molar-refractivity contribution < 1.29 is 9.90 Å². The van der Waals surface area contributed by atoms with Gasteiger partial charge in [0.05, 0.1) is 11.4 Å². The van der Waals surface area contributed by atoms with Crippen LogP contribution in [0.5, 0.6) is 0 Å². The first kappa shape index (κ1) is 13.9. The molecule has 6 heteroatoms. The normalized spacial score (nSPS) is 18.1. The number of hydrogen-bond donors (Lipinski definition) is 4. The molecule has 6 nitrogen and oxygen atoms in total. The number of nitrogens with two attached hydrogens (primary N) is 1. The van der Waals surface area contributed by atoms with Gasteiger partial charge >= 0.3 is 0 Å². The van der Waals surface area contributed by atoms with Crippen LogP contribution in [0.1, 0.15) is 61.6 Å². The Morgan fingerprint density at radius 1 is 1.63 bits per heavy atom. The molecule has 1 saturated carbocycles. The summed E-state index contributed by atoms with van der Waals surface area (Å²) in [5, 5.41) is 18.9. The van der Waals surface area contributed by atoms with Crippen molar-refractivity contribution in [2.24, 2.45) is 0 Å². The molecule has 0 aromatic carbocycles. The average molecular weight is 266 g/mol. The lowest BCUT2D eigenvalue weighted by atomic mass is 9.94. The predicted octanol–water partition coefficient (Wildman–Crippen LogP) is 1.15. The first-order chi connectivity index (χ1) is 9.00. The van der Waals surface area contributed by atoms with Crippen molar-refractivity contribution >= 4 is 11.6 Å². The minimum absolute atomic E-state index is 0.0357. The Hall–Kier alpha value is -1.56. The highest BCUT2D eigenvalue weighted by molar-refractivity contribution is 5.98. The Bertz CT molecular complexity index is 467. The molecule has 0 aliphatic heterocycles. The van der Waals surface area contributed by atoms with E-state index in [9.17, 15) is 4.79 Å². The van der Waals surface area contributed by atoms with E-state index in [1.165, 1.54) is 0 Å². The van der Waals surface area contributed by atoms with E-state index in [0.717, 1.165) is 25.0 Å². The fourth-order valence-electron chi connectivity index (χ4n) is 2.13. The van der Waals surface area contributed by atoms with Gasteiger partial charge in [0.2, 0.25) is 0 Å². The molecule has 5 N–H and O–H groups in total. The molecule has 2 rings (SSSR count). The summed E-state index contributed by atoms with van der Waals surface area (Å²) in [6.45, 7) is 3.92. The highest BCUT2D eigenvalue weighted by atomic mass is 16.3. The molecular weight excluding hydrogens is 244 g/mol. The molecule has 106 valence electrons. The lowest BCUT2D eigenvalue weighted by molar-refractivity contribution is 0.0882. The van der Waals surface area contributed by atoms with Crippen LogP contribution in [0.25, 0.3) is 0 Å². The number of aliphatic hydroxyl groups is 1. The molecule has 1 atom stereocenters. The zero-order valence-corrected chi connectivity index (χ0v) is 11.5. The summed E-state index contributed by atoms with van der Waals surface area (Å²) in [4.78, 5) is 12.2. The Morgan fingerprint density at radius 3 is 2.84 bits per heavy atom. The molecule has 0 saturated heterocycles. The Balaban J connectivity index is 2.11. The maximum Gasteiger partial charge on any atom is 0.274 e. The molecule has 1 heterocycles. The van der Waals surface area contributed by atoms with E-state index in [0.29, 0.717) is 18.0 Å². The molecule has 0 spiro atoms. The third-order valence-electron chi connectivity index (χ3n) is 3.89. The molecule has 1 aliphatic rings. The van der Waals surface area contributed by atoms with Crippen LogP contribution in [0.2, 0.25) is 0 Å². The van der Waals surface area contributed by atoms with Crippen LogP contribution < -0.4 is 11.1 Å². The maximum atomic E-state index is 12.2. The predicted molar refractivity (Wildman–Crippen MR) is 72.8 cm³/mol. The first-order valence-corrected chi connectivity index (χ1v) is 6.78. The summed E-state index contributed by atoms with van der Waals surface area (Å²) < 4.78 is 0. The number of hydrogen-bond acceptors (Lipinski definition) is 4. The van der Waals surface area contributed by atoms with Crippen molar-refractivity contribution in [3.63, 3.8) is 0 Å². The van der Waals surface area contributed by atoms with Crippen LogP contribution in [0.15, 0.2) is 0 Å². The van der Waals surface area contributed by atoms with Gasteiger partial charge in [-0.1, -0.05) is 6.92 Å². The number of aromatic nitrogens is 2. The second-order valence-electron chi connectivity index (χ2n) is 5.52. The quantitative estimate of drug-likeness (QED) is 0.620. The summed E-state index contributed by atoms with van der Waals surface area (Å²) in [6, 6.07) is 0. The molecule has 0 radical (unpaired) electrons. The lowest BCUT2D eigenvalue weighted by Gasteiger charge is -2.28. The number of aliphatic hydroxyl groups excluding tert-OH is 1. The van der Waals surface area contributed by atoms with E-state index < -0.39 is 5.54 Å². The molecule has 1 fully saturated rings. The molecule has 1 aliphatic carbocycles. The Labute approximate surface area is 112 Å². The molecule has 1 aromatic rings. The summed E-state index contributed by atoms with van der Waals surface area (Å²) in [5.74, 6) is 0.155. The van der Waals surface area contributed by atoms with Crippen molar-refractivity contribution in [1.29, 1.82) is 0 Å². The van der Waals surface area contributed by atoms with E-state index in [2.05, 4.69) is 15.5 Å². The van der Waals surface area contributed by atoms with Crippen molar-refractivity contribution in [1.82, 2.24) is 15.5 Å². The maximum absolute atomic E-state index is 12.2. The Kier molecular flexibility index (Phi) is 3.80. The number of H-pyrrole nitrogens is 1. The second-order valence-corrected chi connectivity index (χ2v) is 5.52. The molecule has 19 heavy (non-hydrogen) atoms. The largest absolute Gasteiger partial charge is 0.396 e. The molecule has 0 bridgehead atoms. The number of anilines is 1. The fourth-order valence-corrected chi connectivity index (χ4v) is 2.13. The summed E-state index contributed by atoms with van der Waals surface area (Å²) in [7, 11) is 0. The van der Waals surface area contributed by atoms with Crippen LogP contribution in [-0.2, 0) is 0 Å². The van der Waals surface area contributed by atoms with Gasteiger partial charge in [-0.3, -0.25) is 9.89 Å². The summed E-state index contributed by atoms with van der Waals surface area (Å²) >= 11 is 0. The van der Waals surface area contributed by atoms with Gasteiger partial charge < -0.3 is 16.2 Å². The number of nitrogens with zero attached hydrogens (tertiary/aromatic N) is 1. The average Bonchev–Trinajstić information content (AvgIpc) is 3.13. The van der Waals surface area contributed by atoms with E-state index in [4.69, 9.17) is 10.8 Å². The molecule has 1 amide bonds. The van der Waals surface area contributed by atoms with Crippen LogP contribution >= 0.6 is 0 Å². The van der Waals surface area contributed by atoms with E-state index in [1.807, 2.05) is 13.8 Å². The van der Waals surface area contributed by atoms with Gasteiger partial charge in [-0.05, 0) is 32.6 Å². The van der Waals surface area contributed by atoms with Crippen LogP contribution in [-0.4, -0.2) is 33.4 Å². The number of nitrogens with one attached hydrogen (secondary N) is 2. The number of amides is 1. The van der Waals surface area contributed by atoms with Crippen LogP contribution in [0.3, 0.4) is 0 Å². The molecule has 1 aromatic heterocycles.